The molecule has 0 bridgehead atoms. The summed E-state index contributed by atoms with van der Waals surface area (Å²) in [6.45, 7) is 1.94. The Kier molecular flexibility index (Phi) is 4.44. The summed E-state index contributed by atoms with van der Waals surface area (Å²) >= 11 is 0. The molecule has 0 aliphatic heterocycles. The number of hydrogen-bond acceptors (Lipinski definition) is 7. The first kappa shape index (κ1) is 12.7. The van der Waals surface area contributed by atoms with Crippen molar-refractivity contribution in [3.63, 3.8) is 0 Å². The molecule has 0 aliphatic rings. The Morgan fingerprint density at radius 1 is 1.50 bits per heavy atom. The van der Waals surface area contributed by atoms with E-state index in [-0.39, 0.29) is 17.5 Å². The molecule has 0 saturated carbocycles. The third-order valence-corrected chi connectivity index (χ3v) is 3.65. The quantitative estimate of drug-likeness (QED) is 0.462. The summed E-state index contributed by atoms with van der Waals surface area (Å²) in [5.74, 6) is 6.19. The second kappa shape index (κ2) is 5.61. The van der Waals surface area contributed by atoms with Gasteiger partial charge in [-0.05, 0) is 6.07 Å². The molecule has 0 aliphatic carbocycles. The average Bonchev–Trinajstić information content (AvgIpc) is 2.29. The first-order chi connectivity index (χ1) is 7.57. The molecule has 4 N–H and O–H groups in total. The van der Waals surface area contributed by atoms with Crippen molar-refractivity contribution in [1.29, 1.82) is 0 Å². The lowest BCUT2D eigenvalue weighted by atomic mass is 10.5. The Bertz CT molecular complexity index is 434. The highest BCUT2D eigenvalue weighted by Gasteiger charge is 2.06. The maximum Gasteiger partial charge on any atom is 0.239 e. The van der Waals surface area contributed by atoms with Crippen molar-refractivity contribution in [1.82, 2.24) is 9.97 Å². The molecule has 0 spiro atoms. The Balaban J connectivity index is 2.49. The minimum atomic E-state index is -2.95. The van der Waals surface area contributed by atoms with Gasteiger partial charge in [0.1, 0.15) is 5.82 Å². The predicted molar refractivity (Wildman–Crippen MR) is 62.7 cm³/mol. The van der Waals surface area contributed by atoms with E-state index in [1.165, 1.54) is 6.20 Å². The predicted octanol–water partition coefficient (Wildman–Crippen LogP) is -0.391. The maximum absolute atomic E-state index is 11.2. The lowest BCUT2D eigenvalue weighted by molar-refractivity contribution is 0.597. The van der Waals surface area contributed by atoms with Crippen LogP contribution < -0.4 is 16.6 Å². The zero-order valence-electron chi connectivity index (χ0n) is 8.97. The Morgan fingerprint density at radius 2 is 2.25 bits per heavy atom. The number of hydrogen-bond donors (Lipinski definition) is 3. The van der Waals surface area contributed by atoms with Crippen molar-refractivity contribution in [3.8, 4) is 0 Å². The Morgan fingerprint density at radius 3 is 2.88 bits per heavy atom. The van der Waals surface area contributed by atoms with Crippen LogP contribution in [0.3, 0.4) is 0 Å². The molecule has 1 aromatic heterocycles. The topological polar surface area (TPSA) is 110 Å². The number of nitrogens with zero attached hydrogens (tertiary/aromatic N) is 2. The molecule has 0 unspecified atom stereocenters. The molecule has 16 heavy (non-hydrogen) atoms. The van der Waals surface area contributed by atoms with Gasteiger partial charge in [-0.1, -0.05) is 6.92 Å². The maximum atomic E-state index is 11.2. The number of anilines is 2. The smallest absolute Gasteiger partial charge is 0.239 e. The molecule has 0 saturated heterocycles. The molecule has 1 rings (SSSR count). The number of nitrogen functional groups attached to an aromatic ring is 1. The third-order valence-electron chi connectivity index (χ3n) is 1.94. The van der Waals surface area contributed by atoms with Crippen LogP contribution in [0.15, 0.2) is 12.3 Å². The van der Waals surface area contributed by atoms with Crippen LogP contribution in [0.2, 0.25) is 0 Å². The number of aromatic nitrogens is 2. The summed E-state index contributed by atoms with van der Waals surface area (Å²) in [4.78, 5) is 7.81. The second-order valence-electron chi connectivity index (χ2n) is 3.07. The van der Waals surface area contributed by atoms with Crippen LogP contribution in [-0.4, -0.2) is 36.4 Å². The highest BCUT2D eigenvalue weighted by Crippen LogP contribution is 2.03. The van der Waals surface area contributed by atoms with Gasteiger partial charge in [-0.3, -0.25) is 5.43 Å². The van der Waals surface area contributed by atoms with E-state index in [2.05, 4.69) is 20.7 Å². The van der Waals surface area contributed by atoms with E-state index in [9.17, 15) is 8.42 Å². The normalized spacial score (nSPS) is 11.1. The van der Waals surface area contributed by atoms with Crippen molar-refractivity contribution < 1.29 is 8.42 Å². The molecule has 1 heterocycles. The van der Waals surface area contributed by atoms with E-state index >= 15 is 0 Å². The summed E-state index contributed by atoms with van der Waals surface area (Å²) < 4.78 is 22.4. The van der Waals surface area contributed by atoms with Crippen molar-refractivity contribution in [2.24, 2.45) is 5.84 Å². The van der Waals surface area contributed by atoms with Crippen LogP contribution in [0, 0.1) is 0 Å². The minimum Gasteiger partial charge on any atom is -0.369 e. The first-order valence-corrected chi connectivity index (χ1v) is 6.63. The van der Waals surface area contributed by atoms with Crippen molar-refractivity contribution in [2.75, 3.05) is 28.8 Å². The van der Waals surface area contributed by atoms with E-state index in [4.69, 9.17) is 5.84 Å². The van der Waals surface area contributed by atoms with Crippen LogP contribution >= 0.6 is 0 Å². The lowest BCUT2D eigenvalue weighted by Crippen LogP contribution is -2.18. The van der Waals surface area contributed by atoms with Gasteiger partial charge < -0.3 is 5.32 Å². The third kappa shape index (κ3) is 3.99. The fourth-order valence-corrected chi connectivity index (χ4v) is 1.71. The Hall–Kier alpha value is -1.41. The summed E-state index contributed by atoms with van der Waals surface area (Å²) in [7, 11) is -2.95. The fraction of sp³-hybridized carbons (Fsp3) is 0.500. The summed E-state index contributed by atoms with van der Waals surface area (Å²) in [6.07, 6.45) is 1.53. The fourth-order valence-electron chi connectivity index (χ4n) is 1.01. The monoisotopic (exact) mass is 245 g/mol. The van der Waals surface area contributed by atoms with Crippen LogP contribution in [-0.2, 0) is 9.84 Å². The van der Waals surface area contributed by atoms with E-state index < -0.39 is 9.84 Å². The molecule has 0 atom stereocenters. The van der Waals surface area contributed by atoms with E-state index in [0.29, 0.717) is 12.4 Å². The largest absolute Gasteiger partial charge is 0.369 e. The molecule has 0 radical (unpaired) electrons. The molecule has 7 nitrogen and oxygen atoms in total. The van der Waals surface area contributed by atoms with Gasteiger partial charge >= 0.3 is 0 Å². The molecular formula is C8H15N5O2S. The van der Waals surface area contributed by atoms with Gasteiger partial charge in [-0.2, -0.15) is 4.98 Å². The van der Waals surface area contributed by atoms with Crippen LogP contribution in [0.25, 0.3) is 0 Å². The zero-order valence-corrected chi connectivity index (χ0v) is 9.79. The summed E-state index contributed by atoms with van der Waals surface area (Å²) in [5, 5.41) is 2.88. The molecule has 0 amide bonds. The van der Waals surface area contributed by atoms with Gasteiger partial charge in [0.15, 0.2) is 9.84 Å². The van der Waals surface area contributed by atoms with Gasteiger partial charge in [0.25, 0.3) is 0 Å². The lowest BCUT2D eigenvalue weighted by Gasteiger charge is -2.06. The van der Waals surface area contributed by atoms with E-state index in [1.54, 1.807) is 13.0 Å². The number of nitrogens with one attached hydrogen (secondary N) is 2. The average molecular weight is 245 g/mol. The van der Waals surface area contributed by atoms with Crippen LogP contribution in [0.5, 0.6) is 0 Å². The number of nitrogens with two attached hydrogens (primary N) is 1. The summed E-state index contributed by atoms with van der Waals surface area (Å²) in [6, 6.07) is 1.64. The van der Waals surface area contributed by atoms with Gasteiger partial charge in [-0.15, -0.1) is 0 Å². The number of rotatable bonds is 6. The molecular weight excluding hydrogens is 230 g/mol. The first-order valence-electron chi connectivity index (χ1n) is 4.81. The van der Waals surface area contributed by atoms with Gasteiger partial charge in [0.2, 0.25) is 5.95 Å². The van der Waals surface area contributed by atoms with Gasteiger partial charge in [0.05, 0.1) is 5.75 Å². The summed E-state index contributed by atoms with van der Waals surface area (Å²) in [5.41, 5.74) is 2.30. The van der Waals surface area contributed by atoms with Gasteiger partial charge in [0, 0.05) is 18.5 Å². The Labute approximate surface area is 94.4 Å². The molecule has 0 fully saturated rings. The zero-order chi connectivity index (χ0) is 12.0. The highest BCUT2D eigenvalue weighted by molar-refractivity contribution is 7.91. The van der Waals surface area contributed by atoms with Crippen molar-refractivity contribution in [2.45, 2.75) is 6.92 Å². The van der Waals surface area contributed by atoms with Gasteiger partial charge in [-0.25, -0.2) is 19.2 Å². The number of sulfone groups is 1. The van der Waals surface area contributed by atoms with Crippen molar-refractivity contribution >= 4 is 21.6 Å². The standard InChI is InChI=1S/C8H15N5O2S/c1-2-16(14,15)6-5-10-7-3-4-11-8(12-7)13-9/h3-4H,2,5-6,9H2,1H3,(H2,10,11,12,13). The minimum absolute atomic E-state index is 0.0822. The van der Waals surface area contributed by atoms with E-state index in [0.717, 1.165) is 0 Å². The molecule has 1 aromatic rings. The van der Waals surface area contributed by atoms with Crippen molar-refractivity contribution in [3.05, 3.63) is 12.3 Å². The molecule has 90 valence electrons. The molecule has 0 aromatic carbocycles. The second-order valence-corrected chi connectivity index (χ2v) is 5.55. The SMILES string of the molecule is CCS(=O)(=O)CCNc1ccnc(NN)n1. The van der Waals surface area contributed by atoms with E-state index in [1.807, 2.05) is 0 Å². The van der Waals surface area contributed by atoms with Crippen LogP contribution in [0.1, 0.15) is 6.92 Å². The number of hydrazine groups is 1. The molecule has 8 heteroatoms. The van der Waals surface area contributed by atoms with Crippen LogP contribution in [0.4, 0.5) is 11.8 Å². The highest BCUT2D eigenvalue weighted by atomic mass is 32.2.